The molecule has 0 aliphatic heterocycles. The first-order valence-electron chi connectivity index (χ1n) is 7.11. The zero-order chi connectivity index (χ0) is 15.2. The highest BCUT2D eigenvalue weighted by molar-refractivity contribution is 5.92. The molecule has 2 rings (SSSR count). The predicted octanol–water partition coefficient (Wildman–Crippen LogP) is 3.18. The van der Waals surface area contributed by atoms with Gasteiger partial charge in [0, 0.05) is 13.6 Å². The monoisotopic (exact) mass is 283 g/mol. The molecule has 21 heavy (non-hydrogen) atoms. The summed E-state index contributed by atoms with van der Waals surface area (Å²) in [4.78, 5) is 16.1. The Balaban J connectivity index is 1.93. The first-order valence-corrected chi connectivity index (χ1v) is 7.11. The Hall–Kier alpha value is -2.36. The number of amides is 1. The van der Waals surface area contributed by atoms with E-state index in [4.69, 9.17) is 0 Å². The zero-order valence-electron chi connectivity index (χ0n) is 12.7. The largest absolute Gasteiger partial charge is 0.387 e. The molecule has 0 spiro atoms. The van der Waals surface area contributed by atoms with Gasteiger partial charge in [0.25, 0.3) is 5.91 Å². The van der Waals surface area contributed by atoms with E-state index in [1.807, 2.05) is 25.2 Å². The van der Waals surface area contributed by atoms with E-state index < -0.39 is 0 Å². The van der Waals surface area contributed by atoms with E-state index in [-0.39, 0.29) is 5.91 Å². The van der Waals surface area contributed by atoms with Crippen LogP contribution in [0.15, 0.2) is 42.6 Å². The van der Waals surface area contributed by atoms with Crippen LogP contribution in [0.25, 0.3) is 0 Å². The maximum absolute atomic E-state index is 12.0. The maximum Gasteiger partial charge on any atom is 0.270 e. The van der Waals surface area contributed by atoms with E-state index >= 15 is 0 Å². The van der Waals surface area contributed by atoms with Gasteiger partial charge in [-0.1, -0.05) is 38.1 Å². The molecule has 2 N–H and O–H groups in total. The standard InChI is InChI=1S/C17H21N3O/c1-12(2)14-6-4-13(5-7-14)10-20-17(21)16-9-8-15(18-3)11-19-16/h4-9,11-12,18H,10H2,1-3H3,(H,20,21). The number of benzene rings is 1. The van der Waals surface area contributed by atoms with E-state index in [0.717, 1.165) is 11.3 Å². The van der Waals surface area contributed by atoms with E-state index in [2.05, 4.69) is 41.6 Å². The van der Waals surface area contributed by atoms with Crippen molar-refractivity contribution in [3.8, 4) is 0 Å². The van der Waals surface area contributed by atoms with Crippen LogP contribution >= 0.6 is 0 Å². The molecule has 0 saturated carbocycles. The molecule has 0 bridgehead atoms. The molecule has 1 aromatic carbocycles. The molecule has 2 aromatic rings. The third-order valence-electron chi connectivity index (χ3n) is 3.38. The Morgan fingerprint density at radius 1 is 1.14 bits per heavy atom. The predicted molar refractivity (Wildman–Crippen MR) is 85.5 cm³/mol. The molecule has 0 saturated heterocycles. The van der Waals surface area contributed by atoms with Crippen LogP contribution in [0.2, 0.25) is 0 Å². The molecule has 0 radical (unpaired) electrons. The van der Waals surface area contributed by atoms with Crippen molar-refractivity contribution in [1.82, 2.24) is 10.3 Å². The minimum Gasteiger partial charge on any atom is -0.387 e. The summed E-state index contributed by atoms with van der Waals surface area (Å²) in [6.07, 6.45) is 1.65. The number of hydrogen-bond donors (Lipinski definition) is 2. The van der Waals surface area contributed by atoms with E-state index in [9.17, 15) is 4.79 Å². The number of aromatic nitrogens is 1. The molecular formula is C17H21N3O. The van der Waals surface area contributed by atoms with Crippen molar-refractivity contribution in [2.45, 2.75) is 26.3 Å². The molecule has 1 aromatic heterocycles. The summed E-state index contributed by atoms with van der Waals surface area (Å²) in [7, 11) is 1.82. The summed E-state index contributed by atoms with van der Waals surface area (Å²) in [6, 6.07) is 11.8. The Labute approximate surface area is 125 Å². The van der Waals surface area contributed by atoms with Gasteiger partial charge in [-0.15, -0.1) is 0 Å². The molecule has 4 nitrogen and oxygen atoms in total. The van der Waals surface area contributed by atoms with E-state index in [0.29, 0.717) is 18.2 Å². The average molecular weight is 283 g/mol. The molecule has 0 unspecified atom stereocenters. The van der Waals surface area contributed by atoms with Crippen molar-refractivity contribution in [2.24, 2.45) is 0 Å². The van der Waals surface area contributed by atoms with Crippen molar-refractivity contribution in [3.05, 3.63) is 59.4 Å². The highest BCUT2D eigenvalue weighted by atomic mass is 16.1. The number of carbonyl (C=O) groups excluding carboxylic acids is 1. The smallest absolute Gasteiger partial charge is 0.270 e. The third-order valence-corrected chi connectivity index (χ3v) is 3.38. The highest BCUT2D eigenvalue weighted by Crippen LogP contribution is 2.14. The SMILES string of the molecule is CNc1ccc(C(=O)NCc2ccc(C(C)C)cc2)nc1. The third kappa shape index (κ3) is 4.05. The number of rotatable bonds is 5. The first kappa shape index (κ1) is 15.0. The van der Waals surface area contributed by atoms with Crippen LogP contribution in [0, 0.1) is 0 Å². The summed E-state index contributed by atoms with van der Waals surface area (Å²) in [6.45, 7) is 4.83. The topological polar surface area (TPSA) is 54.0 Å². The van der Waals surface area contributed by atoms with Crippen molar-refractivity contribution in [2.75, 3.05) is 12.4 Å². The Bertz CT molecular complexity index is 588. The highest BCUT2D eigenvalue weighted by Gasteiger charge is 2.07. The lowest BCUT2D eigenvalue weighted by Gasteiger charge is -2.08. The van der Waals surface area contributed by atoms with Gasteiger partial charge in [0.2, 0.25) is 0 Å². The van der Waals surface area contributed by atoms with Gasteiger partial charge in [0.15, 0.2) is 0 Å². The number of carbonyl (C=O) groups is 1. The number of nitrogens with zero attached hydrogens (tertiary/aromatic N) is 1. The summed E-state index contributed by atoms with van der Waals surface area (Å²) >= 11 is 0. The summed E-state index contributed by atoms with van der Waals surface area (Å²) in [5.74, 6) is 0.356. The van der Waals surface area contributed by atoms with Gasteiger partial charge in [-0.25, -0.2) is 4.98 Å². The molecule has 0 fully saturated rings. The maximum atomic E-state index is 12.0. The molecule has 0 aliphatic rings. The van der Waals surface area contributed by atoms with Crippen LogP contribution in [-0.2, 0) is 6.54 Å². The molecule has 1 amide bonds. The second-order valence-electron chi connectivity index (χ2n) is 5.26. The summed E-state index contributed by atoms with van der Waals surface area (Å²) < 4.78 is 0. The zero-order valence-corrected chi connectivity index (χ0v) is 12.7. The van der Waals surface area contributed by atoms with Gasteiger partial charge in [0.1, 0.15) is 5.69 Å². The Morgan fingerprint density at radius 3 is 2.38 bits per heavy atom. The van der Waals surface area contributed by atoms with Crippen molar-refractivity contribution >= 4 is 11.6 Å². The summed E-state index contributed by atoms with van der Waals surface area (Å²) in [5.41, 5.74) is 3.69. The first-order chi connectivity index (χ1) is 10.1. The Morgan fingerprint density at radius 2 is 1.86 bits per heavy atom. The molecule has 110 valence electrons. The molecule has 0 atom stereocenters. The van der Waals surface area contributed by atoms with Crippen LogP contribution < -0.4 is 10.6 Å². The van der Waals surface area contributed by atoms with Crippen molar-refractivity contribution in [1.29, 1.82) is 0 Å². The van der Waals surface area contributed by atoms with Gasteiger partial charge < -0.3 is 10.6 Å². The lowest BCUT2D eigenvalue weighted by molar-refractivity contribution is 0.0946. The van der Waals surface area contributed by atoms with Gasteiger partial charge in [0.05, 0.1) is 11.9 Å². The number of pyridine rings is 1. The van der Waals surface area contributed by atoms with Gasteiger partial charge in [-0.05, 0) is 29.2 Å². The lowest BCUT2D eigenvalue weighted by atomic mass is 10.0. The van der Waals surface area contributed by atoms with Crippen LogP contribution in [-0.4, -0.2) is 17.9 Å². The molecule has 0 aliphatic carbocycles. The average Bonchev–Trinajstić information content (AvgIpc) is 2.53. The number of anilines is 1. The lowest BCUT2D eigenvalue weighted by Crippen LogP contribution is -2.23. The second-order valence-corrected chi connectivity index (χ2v) is 5.26. The second kappa shape index (κ2) is 6.88. The minimum absolute atomic E-state index is 0.161. The van der Waals surface area contributed by atoms with Crippen LogP contribution in [0.3, 0.4) is 0 Å². The van der Waals surface area contributed by atoms with E-state index in [1.54, 1.807) is 12.3 Å². The number of hydrogen-bond acceptors (Lipinski definition) is 3. The van der Waals surface area contributed by atoms with Crippen LogP contribution in [0.5, 0.6) is 0 Å². The minimum atomic E-state index is -0.161. The molecule has 4 heteroatoms. The number of nitrogens with one attached hydrogen (secondary N) is 2. The fourth-order valence-electron chi connectivity index (χ4n) is 1.97. The quantitative estimate of drug-likeness (QED) is 0.886. The van der Waals surface area contributed by atoms with Crippen molar-refractivity contribution in [3.63, 3.8) is 0 Å². The van der Waals surface area contributed by atoms with Crippen LogP contribution in [0.4, 0.5) is 5.69 Å². The van der Waals surface area contributed by atoms with Gasteiger partial charge in [-0.3, -0.25) is 4.79 Å². The van der Waals surface area contributed by atoms with E-state index in [1.165, 1.54) is 5.56 Å². The van der Waals surface area contributed by atoms with Crippen LogP contribution in [0.1, 0.15) is 41.4 Å². The van der Waals surface area contributed by atoms with Crippen molar-refractivity contribution < 1.29 is 4.79 Å². The molecule has 1 heterocycles. The van der Waals surface area contributed by atoms with Gasteiger partial charge >= 0.3 is 0 Å². The molecular weight excluding hydrogens is 262 g/mol. The fourth-order valence-corrected chi connectivity index (χ4v) is 1.97. The Kier molecular flexibility index (Phi) is 4.93. The summed E-state index contributed by atoms with van der Waals surface area (Å²) in [5, 5.41) is 5.85. The van der Waals surface area contributed by atoms with Gasteiger partial charge in [-0.2, -0.15) is 0 Å². The fraction of sp³-hybridized carbons (Fsp3) is 0.294. The normalized spacial score (nSPS) is 10.5.